The van der Waals surface area contributed by atoms with Crippen LogP contribution in [0.4, 0.5) is 4.39 Å². The number of fused-ring (bicyclic) bond motifs is 1. The zero-order valence-electron chi connectivity index (χ0n) is 10.9. The standard InChI is InChI=1S/C15H15FN2O2/c16-11-4-6-13-10(8-11)3-5-14(18-13)15(19)17-12-2-1-7-20-9-12/h3-6,8,12H,1-2,7,9H2,(H,17,19). The first-order valence-electron chi connectivity index (χ1n) is 6.67. The fourth-order valence-electron chi connectivity index (χ4n) is 2.34. The van der Waals surface area contributed by atoms with Gasteiger partial charge in [0.15, 0.2) is 0 Å². The number of hydrogen-bond donors (Lipinski definition) is 1. The van der Waals surface area contributed by atoms with Crippen LogP contribution in [0, 0.1) is 5.82 Å². The highest BCUT2D eigenvalue weighted by atomic mass is 19.1. The number of hydrogen-bond acceptors (Lipinski definition) is 3. The zero-order valence-corrected chi connectivity index (χ0v) is 10.9. The largest absolute Gasteiger partial charge is 0.379 e. The van der Waals surface area contributed by atoms with E-state index in [1.807, 2.05) is 0 Å². The van der Waals surface area contributed by atoms with Gasteiger partial charge in [0.1, 0.15) is 11.5 Å². The quantitative estimate of drug-likeness (QED) is 0.914. The lowest BCUT2D eigenvalue weighted by atomic mass is 10.1. The third kappa shape index (κ3) is 2.77. The van der Waals surface area contributed by atoms with Crippen LogP contribution >= 0.6 is 0 Å². The number of nitrogens with one attached hydrogen (secondary N) is 1. The van der Waals surface area contributed by atoms with Crippen molar-refractivity contribution >= 4 is 16.8 Å². The predicted molar refractivity (Wildman–Crippen MR) is 73.0 cm³/mol. The van der Waals surface area contributed by atoms with Crippen molar-refractivity contribution in [2.75, 3.05) is 13.2 Å². The summed E-state index contributed by atoms with van der Waals surface area (Å²) in [4.78, 5) is 16.4. The van der Waals surface area contributed by atoms with Gasteiger partial charge < -0.3 is 10.1 Å². The van der Waals surface area contributed by atoms with Crippen LogP contribution in [0.15, 0.2) is 30.3 Å². The highest BCUT2D eigenvalue weighted by molar-refractivity contribution is 5.95. The van der Waals surface area contributed by atoms with Crippen molar-refractivity contribution in [1.82, 2.24) is 10.3 Å². The third-order valence-electron chi connectivity index (χ3n) is 3.38. The van der Waals surface area contributed by atoms with Crippen LogP contribution in [0.5, 0.6) is 0 Å². The molecule has 1 aromatic carbocycles. The SMILES string of the molecule is O=C(NC1CCCOC1)c1ccc2cc(F)ccc2n1. The van der Waals surface area contributed by atoms with Gasteiger partial charge in [-0.25, -0.2) is 9.37 Å². The summed E-state index contributed by atoms with van der Waals surface area (Å²) in [7, 11) is 0. The van der Waals surface area contributed by atoms with Crippen LogP contribution in [0.25, 0.3) is 10.9 Å². The van der Waals surface area contributed by atoms with Gasteiger partial charge in [0.05, 0.1) is 18.2 Å². The average molecular weight is 274 g/mol. The van der Waals surface area contributed by atoms with Gasteiger partial charge in [-0.3, -0.25) is 4.79 Å². The first kappa shape index (κ1) is 13.0. The van der Waals surface area contributed by atoms with Crippen LogP contribution < -0.4 is 5.32 Å². The highest BCUT2D eigenvalue weighted by Crippen LogP contribution is 2.14. The molecule has 1 unspecified atom stereocenters. The number of aromatic nitrogens is 1. The molecule has 3 rings (SSSR count). The molecule has 5 heteroatoms. The Kier molecular flexibility index (Phi) is 3.60. The summed E-state index contributed by atoms with van der Waals surface area (Å²) in [6, 6.07) is 7.68. The van der Waals surface area contributed by atoms with Gasteiger partial charge in [-0.05, 0) is 37.1 Å². The first-order valence-corrected chi connectivity index (χ1v) is 6.67. The lowest BCUT2D eigenvalue weighted by molar-refractivity contribution is 0.0622. The second-order valence-corrected chi connectivity index (χ2v) is 4.92. The van der Waals surface area contributed by atoms with E-state index in [1.165, 1.54) is 12.1 Å². The number of carbonyl (C=O) groups excluding carboxylic acids is 1. The second kappa shape index (κ2) is 5.54. The number of nitrogens with zero attached hydrogens (tertiary/aromatic N) is 1. The molecule has 0 bridgehead atoms. The van der Waals surface area contributed by atoms with E-state index in [1.54, 1.807) is 18.2 Å². The summed E-state index contributed by atoms with van der Waals surface area (Å²) in [5, 5.41) is 3.59. The molecule has 0 spiro atoms. The number of rotatable bonds is 2. The molecule has 1 aliphatic heterocycles. The molecule has 20 heavy (non-hydrogen) atoms. The van der Waals surface area contributed by atoms with Gasteiger partial charge in [0.2, 0.25) is 0 Å². The van der Waals surface area contributed by atoms with Gasteiger partial charge in [-0.15, -0.1) is 0 Å². The molecule has 1 amide bonds. The molecule has 0 saturated carbocycles. The maximum absolute atomic E-state index is 13.1. The minimum atomic E-state index is -0.309. The van der Waals surface area contributed by atoms with E-state index in [9.17, 15) is 9.18 Å². The highest BCUT2D eigenvalue weighted by Gasteiger charge is 2.17. The first-order chi connectivity index (χ1) is 9.72. The van der Waals surface area contributed by atoms with E-state index in [4.69, 9.17) is 4.74 Å². The molecule has 2 heterocycles. The molecular formula is C15H15FN2O2. The minimum Gasteiger partial charge on any atom is -0.379 e. The van der Waals surface area contributed by atoms with Crippen LogP contribution in [0.2, 0.25) is 0 Å². The number of carbonyl (C=O) groups is 1. The van der Waals surface area contributed by atoms with Gasteiger partial charge in [-0.1, -0.05) is 6.07 Å². The molecule has 1 N–H and O–H groups in total. The van der Waals surface area contributed by atoms with E-state index >= 15 is 0 Å². The number of halogens is 1. The maximum Gasteiger partial charge on any atom is 0.270 e. The van der Waals surface area contributed by atoms with Crippen LogP contribution in [0.1, 0.15) is 23.3 Å². The van der Waals surface area contributed by atoms with Crippen molar-refractivity contribution in [2.45, 2.75) is 18.9 Å². The molecule has 1 fully saturated rings. The molecule has 1 aromatic heterocycles. The van der Waals surface area contributed by atoms with Crippen molar-refractivity contribution in [3.05, 3.63) is 41.8 Å². The lowest BCUT2D eigenvalue weighted by Crippen LogP contribution is -2.40. The zero-order chi connectivity index (χ0) is 13.9. The van der Waals surface area contributed by atoms with Crippen LogP contribution in [0.3, 0.4) is 0 Å². The van der Waals surface area contributed by atoms with E-state index in [0.717, 1.165) is 19.4 Å². The van der Waals surface area contributed by atoms with Crippen molar-refractivity contribution < 1.29 is 13.9 Å². The minimum absolute atomic E-state index is 0.0435. The Morgan fingerprint density at radius 2 is 2.25 bits per heavy atom. The molecule has 1 saturated heterocycles. The van der Waals surface area contributed by atoms with Crippen molar-refractivity contribution in [2.24, 2.45) is 0 Å². The Bertz CT molecular complexity index is 639. The summed E-state index contributed by atoms with van der Waals surface area (Å²) in [5.41, 5.74) is 0.952. The molecule has 4 nitrogen and oxygen atoms in total. The normalized spacial score (nSPS) is 18.9. The summed E-state index contributed by atoms with van der Waals surface area (Å²) < 4.78 is 18.4. The van der Waals surface area contributed by atoms with Crippen molar-refractivity contribution in [3.8, 4) is 0 Å². The monoisotopic (exact) mass is 274 g/mol. The molecule has 104 valence electrons. The average Bonchev–Trinajstić information content (AvgIpc) is 2.47. The number of amides is 1. The fraction of sp³-hybridized carbons (Fsp3) is 0.333. The van der Waals surface area contributed by atoms with Crippen LogP contribution in [-0.2, 0) is 4.74 Å². The summed E-state index contributed by atoms with van der Waals surface area (Å²) in [5.74, 6) is -0.525. The predicted octanol–water partition coefficient (Wildman–Crippen LogP) is 2.28. The molecule has 1 aliphatic rings. The van der Waals surface area contributed by atoms with E-state index in [2.05, 4.69) is 10.3 Å². The molecule has 0 radical (unpaired) electrons. The van der Waals surface area contributed by atoms with Gasteiger partial charge in [-0.2, -0.15) is 0 Å². The van der Waals surface area contributed by atoms with Crippen LogP contribution in [-0.4, -0.2) is 30.1 Å². The molecule has 0 aliphatic carbocycles. The van der Waals surface area contributed by atoms with E-state index in [-0.39, 0.29) is 17.8 Å². The Hall–Kier alpha value is -2.01. The van der Waals surface area contributed by atoms with Crippen molar-refractivity contribution in [1.29, 1.82) is 0 Å². The Labute approximate surface area is 116 Å². The Morgan fingerprint density at radius 3 is 3.05 bits per heavy atom. The second-order valence-electron chi connectivity index (χ2n) is 4.92. The fourth-order valence-corrected chi connectivity index (χ4v) is 2.34. The number of benzene rings is 1. The summed E-state index contributed by atoms with van der Waals surface area (Å²) in [6.07, 6.45) is 1.87. The summed E-state index contributed by atoms with van der Waals surface area (Å²) in [6.45, 7) is 1.30. The number of ether oxygens (including phenoxy) is 1. The molecule has 2 aromatic rings. The van der Waals surface area contributed by atoms with E-state index in [0.29, 0.717) is 23.2 Å². The van der Waals surface area contributed by atoms with E-state index < -0.39 is 0 Å². The lowest BCUT2D eigenvalue weighted by Gasteiger charge is -2.22. The number of pyridine rings is 1. The van der Waals surface area contributed by atoms with Gasteiger partial charge in [0.25, 0.3) is 5.91 Å². The molecular weight excluding hydrogens is 259 g/mol. The Morgan fingerprint density at radius 1 is 1.35 bits per heavy atom. The smallest absolute Gasteiger partial charge is 0.270 e. The third-order valence-corrected chi connectivity index (χ3v) is 3.38. The topological polar surface area (TPSA) is 51.2 Å². The van der Waals surface area contributed by atoms with Gasteiger partial charge >= 0.3 is 0 Å². The van der Waals surface area contributed by atoms with Crippen molar-refractivity contribution in [3.63, 3.8) is 0 Å². The Balaban J connectivity index is 1.78. The van der Waals surface area contributed by atoms with Gasteiger partial charge in [0, 0.05) is 12.0 Å². The maximum atomic E-state index is 13.1. The molecule has 1 atom stereocenters. The summed E-state index contributed by atoms with van der Waals surface area (Å²) >= 11 is 0.